The number of hydrogen-bond donors (Lipinski definition) is 2. The normalized spacial score (nSPS) is 20.4. The fourth-order valence-corrected chi connectivity index (χ4v) is 3.44. The fraction of sp³-hybridized carbons (Fsp3) is 0.688. The van der Waals surface area contributed by atoms with Gasteiger partial charge in [-0.15, -0.1) is 11.3 Å². The van der Waals surface area contributed by atoms with Gasteiger partial charge in [0.2, 0.25) is 0 Å². The van der Waals surface area contributed by atoms with Crippen LogP contribution in [0.2, 0.25) is 0 Å². The number of ether oxygens (including phenoxy) is 1. The zero-order chi connectivity index (χ0) is 15.8. The first-order valence-electron chi connectivity index (χ1n) is 8.04. The van der Waals surface area contributed by atoms with Crippen LogP contribution in [0.25, 0.3) is 0 Å². The minimum Gasteiger partial charge on any atom is -0.376 e. The summed E-state index contributed by atoms with van der Waals surface area (Å²) in [7, 11) is 4.21. The summed E-state index contributed by atoms with van der Waals surface area (Å²) in [6.45, 7) is 5.42. The number of aliphatic imine (C=N–C) groups is 1. The second-order valence-corrected chi connectivity index (χ2v) is 6.71. The Balaban J connectivity index is 1.92. The number of nitrogens with one attached hydrogen (secondary N) is 2. The summed E-state index contributed by atoms with van der Waals surface area (Å²) in [5.41, 5.74) is 0. The van der Waals surface area contributed by atoms with Crippen LogP contribution in [0, 0.1) is 0 Å². The van der Waals surface area contributed by atoms with Gasteiger partial charge in [-0.3, -0.25) is 4.99 Å². The third-order valence-electron chi connectivity index (χ3n) is 3.78. The molecule has 0 radical (unpaired) electrons. The molecule has 1 fully saturated rings. The van der Waals surface area contributed by atoms with E-state index in [1.165, 1.54) is 11.3 Å². The van der Waals surface area contributed by atoms with E-state index in [0.29, 0.717) is 12.1 Å². The highest BCUT2D eigenvalue weighted by Crippen LogP contribution is 2.23. The Hall–Kier alpha value is -1.11. The first-order chi connectivity index (χ1) is 10.7. The predicted molar refractivity (Wildman–Crippen MR) is 93.7 cm³/mol. The maximum absolute atomic E-state index is 5.65. The van der Waals surface area contributed by atoms with E-state index in [0.717, 1.165) is 38.6 Å². The van der Waals surface area contributed by atoms with Crippen molar-refractivity contribution in [1.29, 1.82) is 0 Å². The van der Waals surface area contributed by atoms with E-state index in [1.807, 2.05) is 0 Å². The van der Waals surface area contributed by atoms with Gasteiger partial charge in [-0.1, -0.05) is 6.07 Å². The number of guanidine groups is 1. The van der Waals surface area contributed by atoms with Crippen LogP contribution >= 0.6 is 11.3 Å². The van der Waals surface area contributed by atoms with Crippen LogP contribution < -0.4 is 10.6 Å². The van der Waals surface area contributed by atoms with Crippen molar-refractivity contribution in [2.24, 2.45) is 4.99 Å². The summed E-state index contributed by atoms with van der Waals surface area (Å²) >= 11 is 1.79. The lowest BCUT2D eigenvalue weighted by Crippen LogP contribution is -2.41. The van der Waals surface area contributed by atoms with Crippen molar-refractivity contribution in [2.45, 2.75) is 31.9 Å². The van der Waals surface area contributed by atoms with Crippen molar-refractivity contribution in [3.8, 4) is 0 Å². The van der Waals surface area contributed by atoms with E-state index < -0.39 is 0 Å². The third kappa shape index (κ3) is 5.26. The van der Waals surface area contributed by atoms with Crippen LogP contribution in [0.1, 0.15) is 30.7 Å². The van der Waals surface area contributed by atoms with Crippen molar-refractivity contribution in [1.82, 2.24) is 15.5 Å². The van der Waals surface area contributed by atoms with E-state index in [1.54, 1.807) is 11.3 Å². The average molecular weight is 324 g/mol. The van der Waals surface area contributed by atoms with Crippen molar-refractivity contribution >= 4 is 17.3 Å². The Morgan fingerprint density at radius 3 is 2.95 bits per heavy atom. The zero-order valence-electron chi connectivity index (χ0n) is 13.8. The molecule has 0 aromatic carbocycles. The van der Waals surface area contributed by atoms with E-state index in [9.17, 15) is 0 Å². The minimum absolute atomic E-state index is 0.318. The molecule has 1 aromatic heterocycles. The van der Waals surface area contributed by atoms with Gasteiger partial charge >= 0.3 is 0 Å². The number of nitrogens with zero attached hydrogens (tertiary/aromatic N) is 2. The average Bonchev–Trinajstić information content (AvgIpc) is 3.18. The van der Waals surface area contributed by atoms with Gasteiger partial charge in [0.15, 0.2) is 5.96 Å². The number of rotatable bonds is 7. The molecular formula is C16H28N4OS. The van der Waals surface area contributed by atoms with E-state index in [-0.39, 0.29) is 0 Å². The predicted octanol–water partition coefficient (Wildman–Crippen LogP) is 2.08. The van der Waals surface area contributed by atoms with Crippen LogP contribution in [-0.4, -0.2) is 57.3 Å². The van der Waals surface area contributed by atoms with Crippen molar-refractivity contribution < 1.29 is 4.74 Å². The van der Waals surface area contributed by atoms with E-state index in [2.05, 4.69) is 54.1 Å². The fourth-order valence-electron chi connectivity index (χ4n) is 2.52. The van der Waals surface area contributed by atoms with Gasteiger partial charge in [0.05, 0.1) is 18.7 Å². The third-order valence-corrected chi connectivity index (χ3v) is 4.76. The van der Waals surface area contributed by atoms with Gasteiger partial charge in [-0.05, 0) is 45.3 Å². The number of hydrogen-bond acceptors (Lipinski definition) is 4. The molecule has 0 spiro atoms. The molecule has 2 N–H and O–H groups in total. The first-order valence-corrected chi connectivity index (χ1v) is 8.92. The van der Waals surface area contributed by atoms with Crippen LogP contribution in [-0.2, 0) is 4.74 Å². The highest BCUT2D eigenvalue weighted by Gasteiger charge is 2.17. The Morgan fingerprint density at radius 2 is 2.36 bits per heavy atom. The van der Waals surface area contributed by atoms with Gasteiger partial charge in [-0.2, -0.15) is 0 Å². The molecule has 0 saturated carbocycles. The van der Waals surface area contributed by atoms with Crippen LogP contribution in [0.4, 0.5) is 0 Å². The van der Waals surface area contributed by atoms with Crippen LogP contribution in [0.5, 0.6) is 0 Å². The molecule has 2 heterocycles. The topological polar surface area (TPSA) is 48.9 Å². The molecule has 0 amide bonds. The molecule has 2 rings (SSSR count). The summed E-state index contributed by atoms with van der Waals surface area (Å²) in [5, 5.41) is 8.84. The van der Waals surface area contributed by atoms with Crippen molar-refractivity contribution in [2.75, 3.05) is 40.3 Å². The number of thiophene rings is 1. The SMILES string of the molecule is CCNC(=NCC(c1cccs1)N(C)C)NCC1CCCO1. The maximum atomic E-state index is 5.65. The molecule has 0 bridgehead atoms. The molecule has 1 aliphatic rings. The highest BCUT2D eigenvalue weighted by molar-refractivity contribution is 7.10. The molecule has 1 aliphatic heterocycles. The molecule has 22 heavy (non-hydrogen) atoms. The summed E-state index contributed by atoms with van der Waals surface area (Å²) < 4.78 is 5.65. The molecule has 2 unspecified atom stereocenters. The summed E-state index contributed by atoms with van der Waals surface area (Å²) in [5.74, 6) is 0.876. The van der Waals surface area contributed by atoms with Gasteiger partial charge in [0.1, 0.15) is 0 Å². The van der Waals surface area contributed by atoms with Crippen LogP contribution in [0.15, 0.2) is 22.5 Å². The monoisotopic (exact) mass is 324 g/mol. The number of likely N-dealkylation sites (N-methyl/N-ethyl adjacent to an activating group) is 1. The molecular weight excluding hydrogens is 296 g/mol. The van der Waals surface area contributed by atoms with Gasteiger partial charge in [0, 0.05) is 24.6 Å². The Labute approximate surface area is 137 Å². The maximum Gasteiger partial charge on any atom is 0.191 e. The molecule has 1 saturated heterocycles. The van der Waals surface area contributed by atoms with Gasteiger partial charge < -0.3 is 20.3 Å². The molecule has 6 heteroatoms. The quantitative estimate of drug-likeness (QED) is 0.596. The van der Waals surface area contributed by atoms with Crippen LogP contribution in [0.3, 0.4) is 0 Å². The van der Waals surface area contributed by atoms with Gasteiger partial charge in [0.25, 0.3) is 0 Å². The second-order valence-electron chi connectivity index (χ2n) is 5.73. The van der Waals surface area contributed by atoms with E-state index >= 15 is 0 Å². The Bertz CT molecular complexity index is 441. The smallest absolute Gasteiger partial charge is 0.191 e. The summed E-state index contributed by atoms with van der Waals surface area (Å²) in [4.78, 5) is 8.33. The highest BCUT2D eigenvalue weighted by atomic mass is 32.1. The van der Waals surface area contributed by atoms with E-state index in [4.69, 9.17) is 9.73 Å². The Morgan fingerprint density at radius 1 is 1.50 bits per heavy atom. The van der Waals surface area contributed by atoms with Crippen molar-refractivity contribution in [3.05, 3.63) is 22.4 Å². The van der Waals surface area contributed by atoms with Gasteiger partial charge in [-0.25, -0.2) is 0 Å². The van der Waals surface area contributed by atoms with Crippen molar-refractivity contribution in [3.63, 3.8) is 0 Å². The summed E-state index contributed by atoms with van der Waals surface area (Å²) in [6, 6.07) is 4.59. The standard InChI is InChI=1S/C16H28N4OS/c1-4-17-16(18-11-13-7-5-9-21-13)19-12-14(20(2)3)15-8-6-10-22-15/h6,8,10,13-14H,4-5,7,9,11-12H2,1-3H3,(H2,17,18,19). The Kier molecular flexibility index (Phi) is 7.15. The second kappa shape index (κ2) is 9.12. The first kappa shape index (κ1) is 17.2. The largest absolute Gasteiger partial charge is 0.376 e. The zero-order valence-corrected chi connectivity index (χ0v) is 14.7. The molecule has 1 aromatic rings. The lowest BCUT2D eigenvalue weighted by atomic mass is 10.2. The minimum atomic E-state index is 0.318. The lowest BCUT2D eigenvalue weighted by molar-refractivity contribution is 0.114. The molecule has 5 nitrogen and oxygen atoms in total. The molecule has 2 atom stereocenters. The molecule has 124 valence electrons. The summed E-state index contributed by atoms with van der Waals surface area (Å²) in [6.07, 6.45) is 2.63. The molecule has 0 aliphatic carbocycles. The lowest BCUT2D eigenvalue weighted by Gasteiger charge is -2.22.